The molecule has 0 bridgehead atoms. The molecule has 1 aromatic carbocycles. The highest BCUT2D eigenvalue weighted by molar-refractivity contribution is 5.56. The van der Waals surface area contributed by atoms with Crippen LogP contribution in [-0.2, 0) is 5.41 Å². The molecule has 1 heteroatoms. The normalized spacial score (nSPS) is 17.9. The number of benzene rings is 1. The molecule has 0 spiro atoms. The van der Waals surface area contributed by atoms with E-state index in [1.165, 1.54) is 30.6 Å². The second-order valence-corrected chi connectivity index (χ2v) is 4.93. The summed E-state index contributed by atoms with van der Waals surface area (Å²) in [5.74, 6) is 0. The lowest BCUT2D eigenvalue weighted by atomic mass is 9.80. The fourth-order valence-electron chi connectivity index (χ4n) is 2.39. The molecule has 1 aliphatic heterocycles. The van der Waals surface area contributed by atoms with Gasteiger partial charge in [-0.3, -0.25) is 0 Å². The molecular formula is C15H25N. The first-order valence-corrected chi connectivity index (χ1v) is 6.42. The van der Waals surface area contributed by atoms with E-state index in [0.717, 1.165) is 0 Å². The molecule has 2 rings (SSSR count). The van der Waals surface area contributed by atoms with Crippen molar-refractivity contribution in [2.24, 2.45) is 0 Å². The summed E-state index contributed by atoms with van der Waals surface area (Å²) in [4.78, 5) is 2.38. The van der Waals surface area contributed by atoms with Gasteiger partial charge in [-0.2, -0.15) is 0 Å². The predicted molar refractivity (Wildman–Crippen MR) is 73.3 cm³/mol. The molecule has 0 radical (unpaired) electrons. The van der Waals surface area contributed by atoms with Crippen LogP contribution in [0.15, 0.2) is 24.3 Å². The van der Waals surface area contributed by atoms with Crippen molar-refractivity contribution in [1.82, 2.24) is 0 Å². The van der Waals surface area contributed by atoms with E-state index in [1.54, 1.807) is 0 Å². The van der Waals surface area contributed by atoms with Crippen molar-refractivity contribution in [2.75, 3.05) is 18.5 Å². The lowest BCUT2D eigenvalue weighted by Crippen LogP contribution is -2.19. The summed E-state index contributed by atoms with van der Waals surface area (Å²) < 4.78 is 0. The van der Waals surface area contributed by atoms with Gasteiger partial charge in [0.2, 0.25) is 0 Å². The molecule has 0 fully saturated rings. The molecule has 1 nitrogen and oxygen atoms in total. The Labute approximate surface area is 100 Å². The van der Waals surface area contributed by atoms with Gasteiger partial charge >= 0.3 is 0 Å². The van der Waals surface area contributed by atoms with Crippen LogP contribution in [0.3, 0.4) is 0 Å². The summed E-state index contributed by atoms with van der Waals surface area (Å²) >= 11 is 0. The third kappa shape index (κ3) is 2.58. The first kappa shape index (κ1) is 13.1. The van der Waals surface area contributed by atoms with E-state index < -0.39 is 0 Å². The molecule has 0 saturated heterocycles. The number of hydrogen-bond acceptors (Lipinski definition) is 1. The number of rotatable bonds is 0. The van der Waals surface area contributed by atoms with E-state index >= 15 is 0 Å². The number of para-hydroxylation sites is 1. The Morgan fingerprint density at radius 3 is 2.44 bits per heavy atom. The second-order valence-electron chi connectivity index (χ2n) is 4.93. The number of fused-ring (bicyclic) bond motifs is 1. The average molecular weight is 219 g/mol. The van der Waals surface area contributed by atoms with E-state index in [4.69, 9.17) is 0 Å². The largest absolute Gasteiger partial charge is 0.374 e. The maximum atomic E-state index is 2.38. The first-order valence-electron chi connectivity index (χ1n) is 6.42. The summed E-state index contributed by atoms with van der Waals surface area (Å²) in [6.45, 7) is 9.89. The molecular weight excluding hydrogens is 194 g/mol. The van der Waals surface area contributed by atoms with E-state index in [-0.39, 0.29) is 0 Å². The SMILES string of the molecule is CC.CN1CCCC(C)(C)c2ccccc21. The quantitative estimate of drug-likeness (QED) is 0.631. The molecule has 1 aromatic rings. The standard InChI is InChI=1S/C13H19N.C2H6/c1-13(2)9-6-10-14(3)12-8-5-4-7-11(12)13;1-2/h4-5,7-8H,6,9-10H2,1-3H3;1-2H3. The molecule has 0 unspecified atom stereocenters. The maximum Gasteiger partial charge on any atom is 0.0401 e. The molecule has 16 heavy (non-hydrogen) atoms. The van der Waals surface area contributed by atoms with Gasteiger partial charge < -0.3 is 4.90 Å². The molecule has 0 N–H and O–H groups in total. The van der Waals surface area contributed by atoms with Crippen LogP contribution >= 0.6 is 0 Å². The Kier molecular flexibility index (Phi) is 4.40. The Morgan fingerprint density at radius 2 is 1.75 bits per heavy atom. The summed E-state index contributed by atoms with van der Waals surface area (Å²) in [6.07, 6.45) is 2.58. The van der Waals surface area contributed by atoms with Gasteiger partial charge in [-0.1, -0.05) is 45.9 Å². The van der Waals surface area contributed by atoms with Crippen molar-refractivity contribution >= 4 is 5.69 Å². The van der Waals surface area contributed by atoms with Gasteiger partial charge in [0.25, 0.3) is 0 Å². The summed E-state index contributed by atoms with van der Waals surface area (Å²) in [7, 11) is 2.19. The van der Waals surface area contributed by atoms with Gasteiger partial charge in [-0.15, -0.1) is 0 Å². The van der Waals surface area contributed by atoms with Crippen LogP contribution in [0.25, 0.3) is 0 Å². The maximum absolute atomic E-state index is 2.38. The Balaban J connectivity index is 0.000000606. The lowest BCUT2D eigenvalue weighted by Gasteiger charge is -2.26. The van der Waals surface area contributed by atoms with E-state index in [9.17, 15) is 0 Å². The summed E-state index contributed by atoms with van der Waals surface area (Å²) in [6, 6.07) is 8.80. The van der Waals surface area contributed by atoms with Gasteiger partial charge in [-0.25, -0.2) is 0 Å². The minimum atomic E-state index is 0.335. The second kappa shape index (κ2) is 5.38. The van der Waals surface area contributed by atoms with E-state index in [1.807, 2.05) is 13.8 Å². The number of hydrogen-bond donors (Lipinski definition) is 0. The van der Waals surface area contributed by atoms with Crippen molar-refractivity contribution in [3.8, 4) is 0 Å². The molecule has 1 aliphatic rings. The van der Waals surface area contributed by atoms with E-state index in [0.29, 0.717) is 5.41 Å². The molecule has 0 aliphatic carbocycles. The molecule has 0 saturated carbocycles. The fraction of sp³-hybridized carbons (Fsp3) is 0.600. The third-order valence-corrected chi connectivity index (χ3v) is 3.34. The smallest absolute Gasteiger partial charge is 0.0401 e. The van der Waals surface area contributed by atoms with Crippen LogP contribution in [0.2, 0.25) is 0 Å². The monoisotopic (exact) mass is 219 g/mol. The number of nitrogens with zero attached hydrogens (tertiary/aromatic N) is 1. The van der Waals surface area contributed by atoms with Crippen molar-refractivity contribution in [3.05, 3.63) is 29.8 Å². The molecule has 1 heterocycles. The van der Waals surface area contributed by atoms with Crippen LogP contribution in [-0.4, -0.2) is 13.6 Å². The van der Waals surface area contributed by atoms with Crippen LogP contribution in [0.1, 0.15) is 46.1 Å². The van der Waals surface area contributed by atoms with E-state index in [2.05, 4.69) is 50.1 Å². The number of anilines is 1. The van der Waals surface area contributed by atoms with Crippen LogP contribution < -0.4 is 4.90 Å². The summed E-state index contributed by atoms with van der Waals surface area (Å²) in [5.41, 5.74) is 3.25. The third-order valence-electron chi connectivity index (χ3n) is 3.34. The fourth-order valence-corrected chi connectivity index (χ4v) is 2.39. The average Bonchev–Trinajstić information content (AvgIpc) is 2.41. The van der Waals surface area contributed by atoms with Crippen molar-refractivity contribution < 1.29 is 0 Å². The minimum Gasteiger partial charge on any atom is -0.374 e. The Bertz CT molecular complexity index is 328. The van der Waals surface area contributed by atoms with Crippen LogP contribution in [0, 0.1) is 0 Å². The van der Waals surface area contributed by atoms with Gasteiger partial charge in [0.05, 0.1) is 0 Å². The highest BCUT2D eigenvalue weighted by Gasteiger charge is 2.26. The minimum absolute atomic E-state index is 0.335. The zero-order valence-corrected chi connectivity index (χ0v) is 11.4. The van der Waals surface area contributed by atoms with Gasteiger partial charge in [0.15, 0.2) is 0 Å². The van der Waals surface area contributed by atoms with Crippen LogP contribution in [0.4, 0.5) is 5.69 Å². The van der Waals surface area contributed by atoms with Gasteiger partial charge in [-0.05, 0) is 29.9 Å². The lowest BCUT2D eigenvalue weighted by molar-refractivity contribution is 0.477. The van der Waals surface area contributed by atoms with Crippen molar-refractivity contribution in [1.29, 1.82) is 0 Å². The topological polar surface area (TPSA) is 3.24 Å². The molecule has 90 valence electrons. The zero-order valence-electron chi connectivity index (χ0n) is 11.4. The summed E-state index contributed by atoms with van der Waals surface area (Å²) in [5, 5.41) is 0. The van der Waals surface area contributed by atoms with Crippen molar-refractivity contribution in [3.63, 3.8) is 0 Å². The molecule has 0 atom stereocenters. The highest BCUT2D eigenvalue weighted by atomic mass is 15.1. The molecule has 0 aromatic heterocycles. The van der Waals surface area contributed by atoms with Crippen molar-refractivity contribution in [2.45, 2.75) is 46.0 Å². The Morgan fingerprint density at radius 1 is 1.12 bits per heavy atom. The highest BCUT2D eigenvalue weighted by Crippen LogP contribution is 2.37. The zero-order chi connectivity index (χ0) is 12.2. The van der Waals surface area contributed by atoms with Gasteiger partial charge in [0, 0.05) is 19.3 Å². The first-order chi connectivity index (χ1) is 7.61. The predicted octanol–water partition coefficient (Wildman–Crippen LogP) is 4.22. The molecule has 0 amide bonds. The van der Waals surface area contributed by atoms with Crippen LogP contribution in [0.5, 0.6) is 0 Å². The Hall–Kier alpha value is -0.980. The van der Waals surface area contributed by atoms with Gasteiger partial charge in [0.1, 0.15) is 0 Å².